The normalized spacial score (nSPS) is 22.7. The third kappa shape index (κ3) is 3.25. The maximum atomic E-state index is 13.1. The fourth-order valence-corrected chi connectivity index (χ4v) is 5.25. The first kappa shape index (κ1) is 19.0. The van der Waals surface area contributed by atoms with Crippen LogP contribution in [0.3, 0.4) is 0 Å². The molecule has 1 amide bonds. The number of sulfone groups is 1. The Kier molecular flexibility index (Phi) is 5.47. The van der Waals surface area contributed by atoms with Gasteiger partial charge in [0, 0.05) is 18.7 Å². The zero-order chi connectivity index (χ0) is 18.1. The van der Waals surface area contributed by atoms with E-state index >= 15 is 0 Å². The van der Waals surface area contributed by atoms with Crippen LogP contribution >= 0.6 is 0 Å². The van der Waals surface area contributed by atoms with Crippen LogP contribution in [0.4, 0.5) is 0 Å². The molecule has 6 heteroatoms. The van der Waals surface area contributed by atoms with E-state index in [2.05, 4.69) is 6.92 Å². The molecule has 1 fully saturated rings. The van der Waals surface area contributed by atoms with E-state index in [4.69, 9.17) is 4.42 Å². The molecule has 5 nitrogen and oxygen atoms in total. The van der Waals surface area contributed by atoms with Gasteiger partial charge in [0.15, 0.2) is 9.84 Å². The summed E-state index contributed by atoms with van der Waals surface area (Å²) in [6.45, 7) is 10.4. The average Bonchev–Trinajstić information content (AvgIpc) is 2.92. The van der Waals surface area contributed by atoms with Gasteiger partial charge in [-0.25, -0.2) is 8.42 Å². The molecule has 1 aliphatic heterocycles. The van der Waals surface area contributed by atoms with E-state index in [-0.39, 0.29) is 11.7 Å². The summed E-state index contributed by atoms with van der Waals surface area (Å²) in [7, 11) is -3.38. The lowest BCUT2D eigenvalue weighted by Crippen LogP contribution is -2.50. The van der Waals surface area contributed by atoms with Crippen molar-refractivity contribution in [3.05, 3.63) is 22.6 Å². The first-order valence-corrected chi connectivity index (χ1v) is 10.4. The lowest BCUT2D eigenvalue weighted by Gasteiger charge is -2.31. The van der Waals surface area contributed by atoms with E-state index in [0.717, 1.165) is 35.5 Å². The standard InChI is InChI=1S/C18H29NO4S/c1-6-7-10-19(12-16-13(2)14(3)23-15(16)4)17(20)18(5)9-8-11-24(18,21)22/h6-12H2,1-5H3. The number of unbranched alkanes of at least 4 members (excludes halogenated alkanes) is 1. The molecule has 1 aromatic heterocycles. The highest BCUT2D eigenvalue weighted by molar-refractivity contribution is 7.93. The molecule has 2 rings (SSSR count). The van der Waals surface area contributed by atoms with E-state index in [1.165, 1.54) is 0 Å². The van der Waals surface area contributed by atoms with E-state index in [1.54, 1.807) is 11.8 Å². The van der Waals surface area contributed by atoms with Gasteiger partial charge in [-0.1, -0.05) is 13.3 Å². The van der Waals surface area contributed by atoms with Gasteiger partial charge in [-0.15, -0.1) is 0 Å². The highest BCUT2D eigenvalue weighted by Crippen LogP contribution is 2.35. The largest absolute Gasteiger partial charge is 0.466 e. The summed E-state index contributed by atoms with van der Waals surface area (Å²) < 4.78 is 29.2. The van der Waals surface area contributed by atoms with Crippen molar-refractivity contribution in [1.29, 1.82) is 0 Å². The predicted molar refractivity (Wildman–Crippen MR) is 94.7 cm³/mol. The Morgan fingerprint density at radius 3 is 2.38 bits per heavy atom. The molecule has 1 atom stereocenters. The highest BCUT2D eigenvalue weighted by atomic mass is 32.2. The quantitative estimate of drug-likeness (QED) is 0.785. The lowest BCUT2D eigenvalue weighted by atomic mass is 10.0. The Labute approximate surface area is 145 Å². The maximum absolute atomic E-state index is 13.1. The number of hydrogen-bond donors (Lipinski definition) is 0. The number of carbonyl (C=O) groups excluding carboxylic acids is 1. The Morgan fingerprint density at radius 2 is 1.92 bits per heavy atom. The van der Waals surface area contributed by atoms with Crippen LogP contribution in [0.15, 0.2) is 4.42 Å². The Bertz CT molecular complexity index is 720. The summed E-state index contributed by atoms with van der Waals surface area (Å²) in [4.78, 5) is 14.9. The Balaban J connectivity index is 2.33. The number of carbonyl (C=O) groups is 1. The van der Waals surface area contributed by atoms with E-state index in [1.807, 2.05) is 20.8 Å². The zero-order valence-corrected chi connectivity index (χ0v) is 16.3. The van der Waals surface area contributed by atoms with Crippen LogP contribution in [0.5, 0.6) is 0 Å². The van der Waals surface area contributed by atoms with Gasteiger partial charge in [0.1, 0.15) is 16.3 Å². The molecule has 1 aliphatic rings. The predicted octanol–water partition coefficient (Wildman–Crippen LogP) is 3.30. The molecule has 1 saturated heterocycles. The van der Waals surface area contributed by atoms with Gasteiger partial charge in [-0.05, 0) is 52.5 Å². The van der Waals surface area contributed by atoms with E-state index in [9.17, 15) is 13.2 Å². The number of nitrogens with zero attached hydrogens (tertiary/aromatic N) is 1. The van der Waals surface area contributed by atoms with Crippen LogP contribution < -0.4 is 0 Å². The van der Waals surface area contributed by atoms with Crippen LogP contribution in [0.1, 0.15) is 62.2 Å². The van der Waals surface area contributed by atoms with Gasteiger partial charge in [0.2, 0.25) is 5.91 Å². The molecule has 0 bridgehead atoms. The first-order chi connectivity index (χ1) is 11.1. The average molecular weight is 356 g/mol. The van der Waals surface area contributed by atoms with Crippen molar-refractivity contribution in [3.8, 4) is 0 Å². The van der Waals surface area contributed by atoms with Crippen molar-refractivity contribution >= 4 is 15.7 Å². The molecule has 1 aromatic rings. The van der Waals surface area contributed by atoms with E-state index < -0.39 is 14.6 Å². The van der Waals surface area contributed by atoms with Gasteiger partial charge in [0.05, 0.1) is 5.75 Å². The highest BCUT2D eigenvalue weighted by Gasteiger charge is 2.51. The van der Waals surface area contributed by atoms with Gasteiger partial charge >= 0.3 is 0 Å². The first-order valence-electron chi connectivity index (χ1n) is 8.71. The number of amides is 1. The van der Waals surface area contributed by atoms with Crippen LogP contribution in [-0.2, 0) is 21.2 Å². The second-order valence-electron chi connectivity index (χ2n) is 7.05. The molecule has 0 aromatic carbocycles. The fraction of sp³-hybridized carbons (Fsp3) is 0.722. The Hall–Kier alpha value is -1.30. The second-order valence-corrected chi connectivity index (χ2v) is 9.59. The summed E-state index contributed by atoms with van der Waals surface area (Å²) >= 11 is 0. The van der Waals surface area contributed by atoms with Gasteiger partial charge in [-0.3, -0.25) is 4.79 Å². The number of rotatable bonds is 6. The molecule has 0 saturated carbocycles. The third-order valence-corrected chi connectivity index (χ3v) is 7.91. The summed E-state index contributed by atoms with van der Waals surface area (Å²) in [5.41, 5.74) is 2.04. The Morgan fingerprint density at radius 1 is 1.25 bits per heavy atom. The maximum Gasteiger partial charge on any atom is 0.244 e. The van der Waals surface area contributed by atoms with Crippen molar-refractivity contribution < 1.29 is 17.6 Å². The minimum Gasteiger partial charge on any atom is -0.466 e. The van der Waals surface area contributed by atoms with Crippen molar-refractivity contribution in [2.75, 3.05) is 12.3 Å². The smallest absolute Gasteiger partial charge is 0.244 e. The molecule has 0 N–H and O–H groups in total. The molecule has 0 spiro atoms. The molecular weight excluding hydrogens is 326 g/mol. The summed E-state index contributed by atoms with van der Waals surface area (Å²) in [5, 5.41) is 0. The topological polar surface area (TPSA) is 67.6 Å². The van der Waals surface area contributed by atoms with Crippen LogP contribution in [0.25, 0.3) is 0 Å². The lowest BCUT2D eigenvalue weighted by molar-refractivity contribution is -0.134. The monoisotopic (exact) mass is 355 g/mol. The molecule has 0 radical (unpaired) electrons. The SMILES string of the molecule is CCCCN(Cc1c(C)oc(C)c1C)C(=O)C1(C)CCCS1(=O)=O. The molecule has 136 valence electrons. The van der Waals surface area contributed by atoms with Crippen molar-refractivity contribution in [2.24, 2.45) is 0 Å². The van der Waals surface area contributed by atoms with Crippen molar-refractivity contribution in [3.63, 3.8) is 0 Å². The van der Waals surface area contributed by atoms with E-state index in [0.29, 0.717) is 25.9 Å². The second kappa shape index (κ2) is 6.90. The third-order valence-electron chi connectivity index (χ3n) is 5.34. The summed E-state index contributed by atoms with van der Waals surface area (Å²) in [5.74, 6) is 1.51. The summed E-state index contributed by atoms with van der Waals surface area (Å²) in [6, 6.07) is 0. The fourth-order valence-electron chi connectivity index (χ4n) is 3.42. The van der Waals surface area contributed by atoms with Gasteiger partial charge in [0.25, 0.3) is 0 Å². The number of aryl methyl sites for hydroxylation is 2. The van der Waals surface area contributed by atoms with Crippen LogP contribution in [0.2, 0.25) is 0 Å². The minimum atomic E-state index is -3.38. The van der Waals surface area contributed by atoms with Crippen LogP contribution in [0, 0.1) is 20.8 Å². The molecule has 2 heterocycles. The summed E-state index contributed by atoms with van der Waals surface area (Å²) in [6.07, 6.45) is 2.79. The minimum absolute atomic E-state index is 0.111. The zero-order valence-electron chi connectivity index (χ0n) is 15.4. The van der Waals surface area contributed by atoms with Crippen molar-refractivity contribution in [2.45, 2.75) is 71.6 Å². The number of hydrogen-bond acceptors (Lipinski definition) is 4. The van der Waals surface area contributed by atoms with Gasteiger partial charge < -0.3 is 9.32 Å². The molecule has 1 unspecified atom stereocenters. The van der Waals surface area contributed by atoms with Crippen LogP contribution in [-0.4, -0.2) is 36.3 Å². The van der Waals surface area contributed by atoms with Crippen molar-refractivity contribution in [1.82, 2.24) is 4.90 Å². The number of furan rings is 1. The molecule has 0 aliphatic carbocycles. The van der Waals surface area contributed by atoms with Gasteiger partial charge in [-0.2, -0.15) is 0 Å². The molecule has 24 heavy (non-hydrogen) atoms. The molecular formula is C18H29NO4S.